The molecule has 0 unspecified atom stereocenters. The molecule has 0 atom stereocenters. The summed E-state index contributed by atoms with van der Waals surface area (Å²) in [6, 6.07) is 1.20. The molecule has 0 aliphatic carbocycles. The SMILES string of the molecule is O=P(O)(O)C(Nc1ncc(Cl)cc1Cl)P(=O)(O)O. The number of hydrogen-bond donors (Lipinski definition) is 5. The van der Waals surface area contributed by atoms with Gasteiger partial charge in [0.05, 0.1) is 10.0 Å². The first kappa shape index (κ1) is 15.9. The van der Waals surface area contributed by atoms with Crippen molar-refractivity contribution in [2.24, 2.45) is 0 Å². The van der Waals surface area contributed by atoms with Gasteiger partial charge < -0.3 is 24.9 Å². The van der Waals surface area contributed by atoms with Gasteiger partial charge in [-0.25, -0.2) is 4.98 Å². The first-order valence-electron chi connectivity index (χ1n) is 4.20. The average molecular weight is 337 g/mol. The number of hydrogen-bond acceptors (Lipinski definition) is 4. The Morgan fingerprint density at radius 2 is 1.67 bits per heavy atom. The minimum atomic E-state index is -5.10. The van der Waals surface area contributed by atoms with Crippen LogP contribution in [0.2, 0.25) is 10.0 Å². The van der Waals surface area contributed by atoms with Gasteiger partial charge in [0, 0.05) is 6.20 Å². The van der Waals surface area contributed by atoms with Crippen molar-refractivity contribution in [1.82, 2.24) is 4.98 Å². The Kier molecular flexibility index (Phi) is 4.81. The first-order valence-corrected chi connectivity index (χ1v) is 8.32. The minimum Gasteiger partial charge on any atom is -0.345 e. The fourth-order valence-corrected chi connectivity index (χ4v) is 3.59. The zero-order valence-corrected chi connectivity index (χ0v) is 11.7. The Balaban J connectivity index is 3.13. The van der Waals surface area contributed by atoms with Crippen LogP contribution >= 0.6 is 38.4 Å². The third-order valence-electron chi connectivity index (χ3n) is 1.71. The summed E-state index contributed by atoms with van der Waals surface area (Å²) in [5.41, 5.74) is -2.42. The van der Waals surface area contributed by atoms with Gasteiger partial charge >= 0.3 is 15.2 Å². The van der Waals surface area contributed by atoms with Crippen LogP contribution in [0.1, 0.15) is 0 Å². The van der Waals surface area contributed by atoms with Crippen molar-refractivity contribution in [2.75, 3.05) is 5.32 Å². The van der Waals surface area contributed by atoms with E-state index in [9.17, 15) is 9.13 Å². The van der Waals surface area contributed by atoms with E-state index in [1.54, 1.807) is 0 Å². The van der Waals surface area contributed by atoms with Crippen LogP contribution in [-0.2, 0) is 9.13 Å². The molecule has 8 nitrogen and oxygen atoms in total. The summed E-state index contributed by atoms with van der Waals surface area (Å²) in [5.74, 6) is -0.294. The lowest BCUT2D eigenvalue weighted by molar-refractivity contribution is 0.343. The average Bonchev–Trinajstić information content (AvgIpc) is 2.12. The van der Waals surface area contributed by atoms with E-state index in [-0.39, 0.29) is 15.9 Å². The number of rotatable bonds is 4. The predicted octanol–water partition coefficient (Wildman–Crippen LogP) is 1.44. The van der Waals surface area contributed by atoms with E-state index in [2.05, 4.69) is 4.98 Å². The van der Waals surface area contributed by atoms with E-state index >= 15 is 0 Å². The van der Waals surface area contributed by atoms with Gasteiger partial charge in [-0.1, -0.05) is 23.2 Å². The normalized spacial score (nSPS) is 12.8. The number of aromatic nitrogens is 1. The first-order chi connectivity index (χ1) is 8.01. The van der Waals surface area contributed by atoms with Gasteiger partial charge in [0.2, 0.25) is 5.52 Å². The van der Waals surface area contributed by atoms with Crippen molar-refractivity contribution < 1.29 is 28.7 Å². The van der Waals surface area contributed by atoms with Crippen molar-refractivity contribution in [1.29, 1.82) is 0 Å². The van der Waals surface area contributed by atoms with E-state index < -0.39 is 20.7 Å². The maximum absolute atomic E-state index is 11.0. The second-order valence-corrected chi connectivity index (χ2v) is 7.82. The summed E-state index contributed by atoms with van der Waals surface area (Å²) in [5, 5.41) is 1.96. The van der Waals surface area contributed by atoms with Gasteiger partial charge in [-0.05, 0) is 6.07 Å². The molecule has 1 aromatic heterocycles. The Morgan fingerprint density at radius 3 is 2.06 bits per heavy atom. The molecule has 0 bridgehead atoms. The van der Waals surface area contributed by atoms with Gasteiger partial charge in [0.1, 0.15) is 5.82 Å². The van der Waals surface area contributed by atoms with E-state index in [4.69, 9.17) is 42.8 Å². The highest BCUT2D eigenvalue weighted by Gasteiger charge is 2.44. The zero-order chi connectivity index (χ0) is 14.1. The molecular formula is C6H8Cl2N2O6P2. The standard InChI is InChI=1S/C6H8Cl2N2O6P2/c7-3-1-4(8)5(9-2-3)10-6(17(11,12)13)18(14,15)16/h1-2,6H,(H,9,10)(H2,11,12,13)(H2,14,15,16). The molecule has 0 saturated heterocycles. The minimum absolute atomic E-state index is 0.130. The Labute approximate surface area is 111 Å². The second-order valence-electron chi connectivity index (χ2n) is 3.18. The molecule has 0 radical (unpaired) electrons. The molecule has 0 aliphatic rings. The van der Waals surface area contributed by atoms with Gasteiger partial charge in [-0.15, -0.1) is 0 Å². The number of pyridine rings is 1. The lowest BCUT2D eigenvalue weighted by atomic mass is 10.4. The highest BCUT2D eigenvalue weighted by molar-refractivity contribution is 7.71. The van der Waals surface area contributed by atoms with Crippen molar-refractivity contribution in [3.63, 3.8) is 0 Å². The molecule has 1 rings (SSSR count). The number of anilines is 1. The summed E-state index contributed by atoms with van der Waals surface area (Å²) >= 11 is 11.2. The highest BCUT2D eigenvalue weighted by atomic mass is 35.5. The monoisotopic (exact) mass is 336 g/mol. The molecule has 0 saturated carbocycles. The van der Waals surface area contributed by atoms with Crippen molar-refractivity contribution in [2.45, 2.75) is 5.52 Å². The predicted molar refractivity (Wildman–Crippen MR) is 65.8 cm³/mol. The van der Waals surface area contributed by atoms with Crippen molar-refractivity contribution in [3.8, 4) is 0 Å². The smallest absolute Gasteiger partial charge is 0.345 e. The molecule has 5 N–H and O–H groups in total. The second kappa shape index (κ2) is 5.45. The van der Waals surface area contributed by atoms with Gasteiger partial charge in [-0.3, -0.25) is 9.13 Å². The zero-order valence-electron chi connectivity index (χ0n) is 8.43. The molecular weight excluding hydrogens is 329 g/mol. The lowest BCUT2D eigenvalue weighted by Crippen LogP contribution is -2.20. The number of nitrogens with one attached hydrogen (secondary N) is 1. The summed E-state index contributed by atoms with van der Waals surface area (Å²) in [4.78, 5) is 39.1. The Bertz CT molecular complexity index is 521. The fraction of sp³-hybridized carbons (Fsp3) is 0.167. The van der Waals surface area contributed by atoms with E-state index in [1.807, 2.05) is 5.32 Å². The quantitative estimate of drug-likeness (QED) is 0.520. The number of nitrogens with zero attached hydrogens (tertiary/aromatic N) is 1. The molecule has 0 fully saturated rings. The molecule has 0 spiro atoms. The third kappa shape index (κ3) is 4.19. The molecule has 18 heavy (non-hydrogen) atoms. The lowest BCUT2D eigenvalue weighted by Gasteiger charge is -2.21. The summed E-state index contributed by atoms with van der Waals surface area (Å²) in [6.45, 7) is 0. The maximum atomic E-state index is 11.0. The molecule has 0 aliphatic heterocycles. The third-order valence-corrected chi connectivity index (χ3v) is 5.54. The van der Waals surface area contributed by atoms with Crippen LogP contribution in [0.5, 0.6) is 0 Å². The topological polar surface area (TPSA) is 140 Å². The molecule has 1 aromatic rings. The summed E-state index contributed by atoms with van der Waals surface area (Å²) < 4.78 is 22.0. The van der Waals surface area contributed by atoms with E-state index in [0.717, 1.165) is 6.20 Å². The van der Waals surface area contributed by atoms with Crippen LogP contribution in [0.15, 0.2) is 12.3 Å². The maximum Gasteiger partial charge on any atom is 0.360 e. The van der Waals surface area contributed by atoms with Gasteiger partial charge in [0.25, 0.3) is 0 Å². The van der Waals surface area contributed by atoms with Crippen molar-refractivity contribution >= 4 is 44.2 Å². The molecule has 0 aromatic carbocycles. The van der Waals surface area contributed by atoms with Crippen LogP contribution < -0.4 is 5.32 Å². The Morgan fingerprint density at radius 1 is 1.17 bits per heavy atom. The summed E-state index contributed by atoms with van der Waals surface area (Å²) in [6.07, 6.45) is 1.10. The van der Waals surface area contributed by atoms with Gasteiger partial charge in [0.15, 0.2) is 0 Å². The van der Waals surface area contributed by atoms with Gasteiger partial charge in [-0.2, -0.15) is 0 Å². The fourth-order valence-electron chi connectivity index (χ4n) is 1.01. The summed E-state index contributed by atoms with van der Waals surface area (Å²) in [7, 11) is -10.2. The Hall–Kier alpha value is -0.170. The van der Waals surface area contributed by atoms with E-state index in [1.165, 1.54) is 6.07 Å². The largest absolute Gasteiger partial charge is 0.360 e. The highest BCUT2D eigenvalue weighted by Crippen LogP contribution is 2.59. The van der Waals surface area contributed by atoms with E-state index in [0.29, 0.717) is 0 Å². The van der Waals surface area contributed by atoms with Crippen LogP contribution in [0.4, 0.5) is 5.82 Å². The molecule has 102 valence electrons. The van der Waals surface area contributed by atoms with Crippen LogP contribution in [0.25, 0.3) is 0 Å². The van der Waals surface area contributed by atoms with Crippen LogP contribution in [-0.4, -0.2) is 30.1 Å². The van der Waals surface area contributed by atoms with Crippen LogP contribution in [0.3, 0.4) is 0 Å². The number of halogens is 2. The van der Waals surface area contributed by atoms with Crippen LogP contribution in [0, 0.1) is 0 Å². The molecule has 12 heteroatoms. The molecule has 0 amide bonds. The van der Waals surface area contributed by atoms with Crippen molar-refractivity contribution in [3.05, 3.63) is 22.3 Å². The molecule has 1 heterocycles.